The van der Waals surface area contributed by atoms with Gasteiger partial charge >= 0.3 is 11.7 Å². The average molecular weight is 581 g/mol. The van der Waals surface area contributed by atoms with Crippen molar-refractivity contribution in [2.75, 3.05) is 6.61 Å². The van der Waals surface area contributed by atoms with Gasteiger partial charge in [-0.05, 0) is 37.0 Å². The number of esters is 1. The van der Waals surface area contributed by atoms with Gasteiger partial charge in [0.1, 0.15) is 5.82 Å². The molecule has 0 spiro atoms. The van der Waals surface area contributed by atoms with Gasteiger partial charge in [-0.1, -0.05) is 83.0 Å². The summed E-state index contributed by atoms with van der Waals surface area (Å²) in [6, 6.07) is 15.4. The van der Waals surface area contributed by atoms with Crippen molar-refractivity contribution >= 4 is 21.9 Å². The number of benzene rings is 2. The maximum absolute atomic E-state index is 13.6. The Morgan fingerprint density at radius 1 is 1.11 bits per heavy atom. The first-order valence-corrected chi connectivity index (χ1v) is 13.4. The number of H-pyrrole nitrogens is 1. The average Bonchev–Trinajstić information content (AvgIpc) is 3.35. The van der Waals surface area contributed by atoms with Gasteiger partial charge < -0.3 is 4.74 Å². The lowest BCUT2D eigenvalue weighted by molar-refractivity contribution is -0.142. The topological polar surface area (TPSA) is 120 Å². The molecule has 2 heterocycles. The van der Waals surface area contributed by atoms with Crippen molar-refractivity contribution < 1.29 is 14.1 Å². The third kappa shape index (κ3) is 6.02. The Morgan fingerprint density at radius 2 is 1.82 bits per heavy atom. The van der Waals surface area contributed by atoms with Crippen LogP contribution in [0.15, 0.2) is 62.6 Å². The number of halogens is 1. The summed E-state index contributed by atoms with van der Waals surface area (Å²) in [5.41, 5.74) is 4.05. The molecule has 9 nitrogen and oxygen atoms in total. The quantitative estimate of drug-likeness (QED) is 0.208. The third-order valence-corrected chi connectivity index (χ3v) is 7.04. The maximum Gasteiger partial charge on any atom is 0.439 e. The van der Waals surface area contributed by atoms with Crippen molar-refractivity contribution in [1.82, 2.24) is 19.7 Å². The minimum atomic E-state index is -0.617. The molecule has 0 amide bonds. The van der Waals surface area contributed by atoms with E-state index in [2.05, 4.69) is 37.5 Å². The summed E-state index contributed by atoms with van der Waals surface area (Å²) in [7, 11) is 0. The third-order valence-electron chi connectivity index (χ3n) is 6.18. The Hall–Kier alpha value is -3.79. The lowest BCUT2D eigenvalue weighted by Gasteiger charge is -2.19. The Balaban J connectivity index is 1.70. The SMILES string of the molecule is CCCC(Br)c1nc(C)c(CC(=O)OCC)c(=O)n1Cc1ccc(-c2ccccc2-c2noc(=O)[nH]2)cc1. The summed E-state index contributed by atoms with van der Waals surface area (Å²) in [5.74, 6) is -0.0841. The first kappa shape index (κ1) is 27.3. The van der Waals surface area contributed by atoms with E-state index in [4.69, 9.17) is 9.72 Å². The van der Waals surface area contributed by atoms with Crippen molar-refractivity contribution in [2.45, 2.75) is 51.4 Å². The zero-order valence-electron chi connectivity index (χ0n) is 21.5. The molecule has 0 aliphatic carbocycles. The van der Waals surface area contributed by atoms with E-state index in [0.717, 1.165) is 35.1 Å². The largest absolute Gasteiger partial charge is 0.466 e. The zero-order chi connectivity index (χ0) is 27.2. The van der Waals surface area contributed by atoms with Crippen molar-refractivity contribution in [2.24, 2.45) is 0 Å². The molecule has 2 aromatic carbocycles. The zero-order valence-corrected chi connectivity index (χ0v) is 23.1. The molecule has 38 heavy (non-hydrogen) atoms. The molecule has 0 saturated heterocycles. The number of aromatic nitrogens is 4. The fourth-order valence-electron chi connectivity index (χ4n) is 4.32. The molecule has 2 aromatic heterocycles. The molecule has 0 aliphatic heterocycles. The number of nitrogens with zero attached hydrogens (tertiary/aromatic N) is 3. The number of nitrogens with one attached hydrogen (secondary N) is 1. The molecule has 198 valence electrons. The van der Waals surface area contributed by atoms with Crippen LogP contribution in [0.5, 0.6) is 0 Å². The second-order valence-corrected chi connectivity index (χ2v) is 9.95. The molecule has 4 aromatic rings. The standard InChI is InChI=1S/C28H29BrN4O5/c1-4-8-23(29)26-30-17(3)22(15-24(34)37-5-2)27(35)33(26)16-18-11-13-19(14-12-18)20-9-6-7-10-21(20)25-31-28(36)38-32-25/h6-7,9-14,23H,4-5,8,15-16H2,1-3H3,(H,31,32,36). The van der Waals surface area contributed by atoms with Crippen LogP contribution in [0.25, 0.3) is 22.5 Å². The number of ether oxygens (including phenoxy) is 1. The number of hydrogen-bond donors (Lipinski definition) is 1. The number of alkyl halides is 1. The maximum atomic E-state index is 13.6. The van der Waals surface area contributed by atoms with Gasteiger partial charge in [0.05, 0.1) is 24.4 Å². The van der Waals surface area contributed by atoms with E-state index >= 15 is 0 Å². The minimum Gasteiger partial charge on any atom is -0.466 e. The van der Waals surface area contributed by atoms with Gasteiger partial charge in [-0.15, -0.1) is 0 Å². The Morgan fingerprint density at radius 3 is 2.45 bits per heavy atom. The van der Waals surface area contributed by atoms with Crippen LogP contribution in [0.4, 0.5) is 0 Å². The fourth-order valence-corrected chi connectivity index (χ4v) is 5.12. The summed E-state index contributed by atoms with van der Waals surface area (Å²) in [4.78, 5) is 44.5. The summed E-state index contributed by atoms with van der Waals surface area (Å²) >= 11 is 3.70. The highest BCUT2D eigenvalue weighted by atomic mass is 79.9. The van der Waals surface area contributed by atoms with Gasteiger partial charge in [0, 0.05) is 16.8 Å². The predicted molar refractivity (Wildman–Crippen MR) is 147 cm³/mol. The van der Waals surface area contributed by atoms with Gasteiger partial charge in [0.25, 0.3) is 5.56 Å². The molecule has 4 rings (SSSR count). The number of carbonyl (C=O) groups excluding carboxylic acids is 1. The molecule has 10 heteroatoms. The fraction of sp³-hybridized carbons (Fsp3) is 0.321. The molecule has 0 aliphatic rings. The van der Waals surface area contributed by atoms with Crippen molar-refractivity contribution in [1.29, 1.82) is 0 Å². The number of rotatable bonds is 10. The first-order chi connectivity index (χ1) is 18.3. The monoisotopic (exact) mass is 580 g/mol. The lowest BCUT2D eigenvalue weighted by Crippen LogP contribution is -2.32. The molecule has 0 radical (unpaired) electrons. The summed E-state index contributed by atoms with van der Waals surface area (Å²) < 4.78 is 11.4. The van der Waals surface area contributed by atoms with Crippen molar-refractivity contribution in [3.63, 3.8) is 0 Å². The van der Waals surface area contributed by atoms with E-state index < -0.39 is 11.7 Å². The van der Waals surface area contributed by atoms with Crippen molar-refractivity contribution in [3.05, 3.63) is 92.1 Å². The molecule has 0 saturated carbocycles. The lowest BCUT2D eigenvalue weighted by atomic mass is 9.98. The van der Waals surface area contributed by atoms with Crippen LogP contribution >= 0.6 is 15.9 Å². The van der Waals surface area contributed by atoms with Gasteiger partial charge in [0.15, 0.2) is 5.82 Å². The van der Waals surface area contributed by atoms with Crippen LogP contribution in [-0.2, 0) is 22.5 Å². The minimum absolute atomic E-state index is 0.105. The van der Waals surface area contributed by atoms with Gasteiger partial charge in [-0.25, -0.2) is 9.78 Å². The molecule has 0 fully saturated rings. The van der Waals surface area contributed by atoms with Crippen molar-refractivity contribution in [3.8, 4) is 22.5 Å². The number of hydrogen-bond acceptors (Lipinski definition) is 7. The summed E-state index contributed by atoms with van der Waals surface area (Å²) in [6.45, 7) is 6.10. The van der Waals surface area contributed by atoms with Gasteiger partial charge in [0.2, 0.25) is 0 Å². The number of carbonyl (C=O) groups is 1. The smallest absolute Gasteiger partial charge is 0.439 e. The Labute approximate surface area is 228 Å². The van der Waals surface area contributed by atoms with Crippen LogP contribution in [0.2, 0.25) is 0 Å². The van der Waals surface area contributed by atoms with E-state index in [9.17, 15) is 14.4 Å². The Kier molecular flexibility index (Phi) is 8.73. The van der Waals surface area contributed by atoms with Crippen LogP contribution in [0.1, 0.15) is 54.2 Å². The summed E-state index contributed by atoms with van der Waals surface area (Å²) in [6.07, 6.45) is 1.61. The molecule has 1 unspecified atom stereocenters. The van der Waals surface area contributed by atoms with Crippen LogP contribution in [0, 0.1) is 6.92 Å². The first-order valence-electron chi connectivity index (χ1n) is 12.5. The van der Waals surface area contributed by atoms with E-state index in [1.54, 1.807) is 18.4 Å². The molecule has 0 bridgehead atoms. The second kappa shape index (κ2) is 12.2. The van der Waals surface area contributed by atoms with Crippen LogP contribution in [0.3, 0.4) is 0 Å². The van der Waals surface area contributed by atoms with Crippen LogP contribution in [-0.4, -0.2) is 32.3 Å². The van der Waals surface area contributed by atoms with E-state index in [0.29, 0.717) is 29.5 Å². The summed E-state index contributed by atoms with van der Waals surface area (Å²) in [5, 5.41) is 3.82. The highest BCUT2D eigenvalue weighted by Crippen LogP contribution is 2.30. The van der Waals surface area contributed by atoms with Crippen LogP contribution < -0.4 is 11.3 Å². The predicted octanol–water partition coefficient (Wildman–Crippen LogP) is 4.95. The second-order valence-electron chi connectivity index (χ2n) is 8.85. The van der Waals surface area contributed by atoms with Gasteiger partial charge in [-0.2, -0.15) is 0 Å². The van der Waals surface area contributed by atoms with E-state index in [1.165, 1.54) is 0 Å². The van der Waals surface area contributed by atoms with E-state index in [-0.39, 0.29) is 23.4 Å². The molecular formula is C28H29BrN4O5. The van der Waals surface area contributed by atoms with Gasteiger partial charge in [-0.3, -0.25) is 23.7 Å². The molecular weight excluding hydrogens is 552 g/mol. The number of aryl methyl sites for hydroxylation is 1. The molecule has 1 N–H and O–H groups in total. The Bertz CT molecular complexity index is 1540. The normalized spacial score (nSPS) is 11.9. The van der Waals surface area contributed by atoms with E-state index in [1.807, 2.05) is 48.5 Å². The molecule has 1 atom stereocenters. The highest BCUT2D eigenvalue weighted by molar-refractivity contribution is 9.09. The number of aromatic amines is 1. The highest BCUT2D eigenvalue weighted by Gasteiger charge is 2.21.